The summed E-state index contributed by atoms with van der Waals surface area (Å²) in [7, 11) is 0. The lowest BCUT2D eigenvalue weighted by atomic mass is 9.85. The Hall–Kier alpha value is -2.37. The quantitative estimate of drug-likeness (QED) is 0.753. The minimum absolute atomic E-state index is 0.482. The maximum Gasteiger partial charge on any atom is 0.203 e. The molecule has 1 saturated carbocycles. The molecular formula is C13H13N5O. The van der Waals surface area contributed by atoms with Crippen LogP contribution >= 0.6 is 0 Å². The van der Waals surface area contributed by atoms with E-state index in [4.69, 9.17) is 4.42 Å². The first-order valence-electron chi connectivity index (χ1n) is 6.42. The zero-order valence-corrected chi connectivity index (χ0v) is 10.3. The number of hydrogen-bond acceptors (Lipinski definition) is 4. The van der Waals surface area contributed by atoms with Gasteiger partial charge in [0.1, 0.15) is 12.0 Å². The van der Waals surface area contributed by atoms with Crippen molar-refractivity contribution in [2.75, 3.05) is 0 Å². The van der Waals surface area contributed by atoms with Crippen LogP contribution < -0.4 is 0 Å². The Bertz CT molecular complexity index is 678. The fraction of sp³-hybridized carbons (Fsp3) is 0.308. The lowest BCUT2D eigenvalue weighted by Gasteiger charge is -2.21. The van der Waals surface area contributed by atoms with Crippen LogP contribution in [0.5, 0.6) is 0 Å². The van der Waals surface area contributed by atoms with Crippen molar-refractivity contribution in [3.63, 3.8) is 0 Å². The average Bonchev–Trinajstić information content (AvgIpc) is 3.08. The van der Waals surface area contributed by atoms with Gasteiger partial charge < -0.3 is 9.40 Å². The summed E-state index contributed by atoms with van der Waals surface area (Å²) in [6, 6.07) is 3.86. The van der Waals surface area contributed by atoms with Crippen molar-refractivity contribution in [3.8, 4) is 23.0 Å². The van der Waals surface area contributed by atoms with E-state index < -0.39 is 0 Å². The van der Waals surface area contributed by atoms with Crippen LogP contribution in [0.25, 0.3) is 23.0 Å². The number of hydrogen-bond donors (Lipinski definition) is 2. The van der Waals surface area contributed by atoms with Crippen LogP contribution in [0, 0.1) is 0 Å². The van der Waals surface area contributed by atoms with Crippen LogP contribution in [0.4, 0.5) is 0 Å². The molecule has 0 aromatic carbocycles. The predicted molar refractivity (Wildman–Crippen MR) is 68.3 cm³/mol. The molecule has 0 spiro atoms. The van der Waals surface area contributed by atoms with Gasteiger partial charge in [-0.1, -0.05) is 6.42 Å². The lowest BCUT2D eigenvalue weighted by molar-refractivity contribution is 0.335. The van der Waals surface area contributed by atoms with Gasteiger partial charge in [0.2, 0.25) is 5.82 Å². The minimum atomic E-state index is 0.482. The topological polar surface area (TPSA) is 83.4 Å². The Morgan fingerprint density at radius 1 is 1.26 bits per heavy atom. The molecule has 0 bridgehead atoms. The van der Waals surface area contributed by atoms with E-state index in [0.29, 0.717) is 23.3 Å². The second-order valence-electron chi connectivity index (χ2n) is 4.79. The van der Waals surface area contributed by atoms with Crippen molar-refractivity contribution in [1.29, 1.82) is 0 Å². The van der Waals surface area contributed by atoms with Crippen molar-refractivity contribution in [2.45, 2.75) is 25.2 Å². The van der Waals surface area contributed by atoms with Crippen LogP contribution in [-0.2, 0) is 0 Å². The predicted octanol–water partition coefficient (Wildman–Crippen LogP) is 2.72. The largest absolute Gasteiger partial charge is 0.448 e. The van der Waals surface area contributed by atoms with E-state index in [1.54, 1.807) is 6.26 Å². The summed E-state index contributed by atoms with van der Waals surface area (Å²) in [6.07, 6.45) is 7.08. The molecule has 1 aliphatic carbocycles. The third kappa shape index (κ3) is 1.76. The van der Waals surface area contributed by atoms with Crippen molar-refractivity contribution in [2.24, 2.45) is 0 Å². The molecule has 0 aliphatic heterocycles. The molecule has 3 aromatic rings. The van der Waals surface area contributed by atoms with Gasteiger partial charge in [-0.05, 0) is 25.0 Å². The molecule has 6 nitrogen and oxygen atoms in total. The molecule has 1 aliphatic rings. The van der Waals surface area contributed by atoms with E-state index in [2.05, 4.69) is 25.1 Å². The van der Waals surface area contributed by atoms with Crippen molar-refractivity contribution in [3.05, 3.63) is 30.5 Å². The van der Waals surface area contributed by atoms with Gasteiger partial charge in [-0.25, -0.2) is 9.97 Å². The molecule has 4 rings (SSSR count). The van der Waals surface area contributed by atoms with E-state index in [-0.39, 0.29) is 0 Å². The molecule has 96 valence electrons. The molecule has 0 radical (unpaired) electrons. The zero-order chi connectivity index (χ0) is 12.7. The smallest absolute Gasteiger partial charge is 0.203 e. The van der Waals surface area contributed by atoms with Gasteiger partial charge in [-0.2, -0.15) is 5.10 Å². The third-order valence-corrected chi connectivity index (χ3v) is 3.54. The molecule has 1 fully saturated rings. The first-order chi connectivity index (χ1) is 9.40. The highest BCUT2D eigenvalue weighted by Gasteiger charge is 2.25. The number of H-pyrrole nitrogens is 2. The molecular weight excluding hydrogens is 242 g/mol. The van der Waals surface area contributed by atoms with Gasteiger partial charge in [-0.15, -0.1) is 0 Å². The summed E-state index contributed by atoms with van der Waals surface area (Å²) in [5.41, 5.74) is 1.59. The highest BCUT2D eigenvalue weighted by atomic mass is 16.3. The Morgan fingerprint density at radius 3 is 2.95 bits per heavy atom. The number of aromatic amines is 2. The van der Waals surface area contributed by atoms with Crippen LogP contribution in [0.2, 0.25) is 0 Å². The normalized spacial score (nSPS) is 15.6. The Kier molecular flexibility index (Phi) is 2.26. The molecule has 19 heavy (non-hydrogen) atoms. The van der Waals surface area contributed by atoms with E-state index >= 15 is 0 Å². The fourth-order valence-electron chi connectivity index (χ4n) is 2.21. The van der Waals surface area contributed by atoms with Crippen molar-refractivity contribution >= 4 is 0 Å². The van der Waals surface area contributed by atoms with E-state index in [1.165, 1.54) is 19.3 Å². The first-order valence-corrected chi connectivity index (χ1v) is 6.42. The number of oxazole rings is 1. The third-order valence-electron chi connectivity index (χ3n) is 3.54. The number of nitrogens with zero attached hydrogens (tertiary/aromatic N) is 3. The Labute approximate surface area is 109 Å². The summed E-state index contributed by atoms with van der Waals surface area (Å²) in [6.45, 7) is 0. The number of nitrogens with one attached hydrogen (secondary N) is 2. The number of rotatable bonds is 3. The Morgan fingerprint density at radius 2 is 2.21 bits per heavy atom. The van der Waals surface area contributed by atoms with Crippen molar-refractivity contribution in [1.82, 2.24) is 25.1 Å². The van der Waals surface area contributed by atoms with Gasteiger partial charge >= 0.3 is 0 Å². The van der Waals surface area contributed by atoms with E-state index in [9.17, 15) is 0 Å². The summed E-state index contributed by atoms with van der Waals surface area (Å²) in [5.74, 6) is 2.56. The zero-order valence-electron chi connectivity index (χ0n) is 10.3. The van der Waals surface area contributed by atoms with E-state index in [1.807, 2.05) is 18.3 Å². The summed E-state index contributed by atoms with van der Waals surface area (Å²) >= 11 is 0. The van der Waals surface area contributed by atoms with Gasteiger partial charge in [0.25, 0.3) is 0 Å². The summed E-state index contributed by atoms with van der Waals surface area (Å²) in [5, 5.41) is 7.08. The molecule has 3 heterocycles. The Balaban J connectivity index is 1.63. The molecule has 2 N–H and O–H groups in total. The van der Waals surface area contributed by atoms with Crippen LogP contribution in [0.1, 0.15) is 31.1 Å². The monoisotopic (exact) mass is 255 g/mol. The molecule has 0 atom stereocenters. The second kappa shape index (κ2) is 4.08. The molecule has 0 saturated heterocycles. The van der Waals surface area contributed by atoms with Gasteiger partial charge in [0, 0.05) is 12.1 Å². The molecule has 0 unspecified atom stereocenters. The second-order valence-corrected chi connectivity index (χ2v) is 4.79. The molecule has 0 amide bonds. The molecule has 6 heteroatoms. The standard InChI is InChI=1S/C13H13N5O/c1-3-8(4-1)13-15-10(7-19-13)12-16-11(17-18-12)9-5-2-6-14-9/h2,5-8,14H,1,3-4H2,(H,16,17,18). The maximum absolute atomic E-state index is 5.51. The summed E-state index contributed by atoms with van der Waals surface area (Å²) in [4.78, 5) is 12.0. The molecule has 3 aromatic heterocycles. The van der Waals surface area contributed by atoms with Crippen LogP contribution in [-0.4, -0.2) is 25.1 Å². The lowest BCUT2D eigenvalue weighted by Crippen LogP contribution is -2.08. The van der Waals surface area contributed by atoms with E-state index in [0.717, 1.165) is 11.6 Å². The highest BCUT2D eigenvalue weighted by Crippen LogP contribution is 2.36. The maximum atomic E-state index is 5.51. The van der Waals surface area contributed by atoms with Gasteiger partial charge in [0.05, 0.1) is 5.69 Å². The minimum Gasteiger partial charge on any atom is -0.448 e. The van der Waals surface area contributed by atoms with Crippen LogP contribution in [0.3, 0.4) is 0 Å². The van der Waals surface area contributed by atoms with Gasteiger partial charge in [-0.3, -0.25) is 5.10 Å². The fourth-order valence-corrected chi connectivity index (χ4v) is 2.21. The van der Waals surface area contributed by atoms with Crippen LogP contribution in [0.15, 0.2) is 29.0 Å². The SMILES string of the molecule is c1c[nH]c(-c2nc(-c3coc(C4CCC4)n3)n[nH]2)c1. The van der Waals surface area contributed by atoms with Crippen molar-refractivity contribution < 1.29 is 4.42 Å². The highest BCUT2D eigenvalue weighted by molar-refractivity contribution is 5.55. The first kappa shape index (κ1) is 10.5. The summed E-state index contributed by atoms with van der Waals surface area (Å²) < 4.78 is 5.51. The number of aromatic nitrogens is 5. The van der Waals surface area contributed by atoms with Gasteiger partial charge in [0.15, 0.2) is 11.7 Å². The average molecular weight is 255 g/mol.